The average Bonchev–Trinajstić information content (AvgIpc) is 3.63. The molecule has 0 radical (unpaired) electrons. The van der Waals surface area contributed by atoms with Crippen LogP contribution in [0.15, 0.2) is 0 Å². The van der Waals surface area contributed by atoms with Crippen LogP contribution in [-0.4, -0.2) is 67.7 Å². The molecule has 0 N–H and O–H groups in total. The number of Topliss-reactive ketones (excluding diaryl/α,β-unsaturated/α-hetero) is 1. The Balaban J connectivity index is 1.22. The van der Waals surface area contributed by atoms with Crippen molar-refractivity contribution in [3.63, 3.8) is 0 Å². The Bertz CT molecular complexity index is 1070. The maximum atomic E-state index is 14.4. The predicted molar refractivity (Wildman–Crippen MR) is 122 cm³/mol. The maximum absolute atomic E-state index is 14.4. The van der Waals surface area contributed by atoms with Crippen LogP contribution in [0.4, 0.5) is 0 Å². The summed E-state index contributed by atoms with van der Waals surface area (Å²) in [5.41, 5.74) is -1.01. The molecule has 4 amide bonds. The summed E-state index contributed by atoms with van der Waals surface area (Å²) in [6.45, 7) is 1.84. The standard InChI is InChI=1S/C23H29B3N2O5/c1-26(25-24)28-19(31)14-10-6-12(16(14)20(28)32)23(8-10)4-3-22(21(23)33)7-9-5-11(22)15-13(9)17(29)27(2)18(15)30/h9-16,25H,3-8,24H2,1-2H3/t9?,10?,11-,12-,13?,14?,15?,16?,22-,23-/m1/s1. The van der Waals surface area contributed by atoms with Crippen LogP contribution >= 0.6 is 0 Å². The molecule has 7 fully saturated rings. The highest BCUT2D eigenvalue weighted by molar-refractivity contribution is 7.30. The molecule has 10 heteroatoms. The number of imide groups is 2. The zero-order valence-electron chi connectivity index (χ0n) is 19.6. The van der Waals surface area contributed by atoms with E-state index in [4.69, 9.17) is 0 Å². The van der Waals surface area contributed by atoms with E-state index in [1.54, 1.807) is 7.05 Å². The van der Waals surface area contributed by atoms with Crippen LogP contribution in [0.2, 0.25) is 6.82 Å². The summed E-state index contributed by atoms with van der Waals surface area (Å²) in [6, 6.07) is 0. The minimum atomic E-state index is -0.509. The fraction of sp³-hybridized carbons (Fsp3) is 0.783. The molecule has 170 valence electrons. The number of ketones is 1. The zero-order chi connectivity index (χ0) is 23.2. The number of hydrogen-bond acceptors (Lipinski definition) is 5. The Hall–Kier alpha value is -1.86. The van der Waals surface area contributed by atoms with E-state index in [2.05, 4.69) is 0 Å². The molecule has 5 aliphatic carbocycles. The lowest BCUT2D eigenvalue weighted by molar-refractivity contribution is -0.145. The van der Waals surface area contributed by atoms with Crippen molar-refractivity contribution in [3.8, 4) is 0 Å². The minimum Gasteiger partial charge on any atom is -0.338 e. The molecule has 0 aromatic heterocycles. The molecule has 33 heavy (non-hydrogen) atoms. The molecule has 5 saturated carbocycles. The number of hydrogen-bond donors (Lipinski definition) is 0. The molecule has 7 aliphatic rings. The van der Waals surface area contributed by atoms with E-state index in [0.29, 0.717) is 0 Å². The fourth-order valence-corrected chi connectivity index (χ4v) is 10.4. The van der Waals surface area contributed by atoms with Crippen molar-refractivity contribution >= 4 is 50.9 Å². The summed E-state index contributed by atoms with van der Waals surface area (Å²) >= 11 is 0. The molecule has 7 nitrogen and oxygen atoms in total. The Labute approximate surface area is 195 Å². The molecule has 6 unspecified atom stereocenters. The summed E-state index contributed by atoms with van der Waals surface area (Å²) in [7, 11) is 4.32. The number of carbonyl (C=O) groups is 5. The Morgan fingerprint density at radius 3 is 1.82 bits per heavy atom. The molecular formula is C23H29B3N2O5. The van der Waals surface area contributed by atoms with Crippen molar-refractivity contribution in [1.29, 1.82) is 0 Å². The van der Waals surface area contributed by atoms with Gasteiger partial charge in [0, 0.05) is 17.9 Å². The van der Waals surface area contributed by atoms with Gasteiger partial charge >= 0.3 is 0 Å². The normalized spacial score (nSPS) is 51.2. The van der Waals surface area contributed by atoms with Crippen molar-refractivity contribution in [1.82, 2.24) is 9.71 Å². The highest BCUT2D eigenvalue weighted by atomic mass is 16.2. The van der Waals surface area contributed by atoms with E-state index >= 15 is 0 Å². The summed E-state index contributed by atoms with van der Waals surface area (Å²) in [4.78, 5) is 69.5. The molecule has 0 aromatic carbocycles. The van der Waals surface area contributed by atoms with E-state index in [9.17, 15) is 24.0 Å². The number of likely N-dealkylation sites (tertiary alicyclic amines) is 1. The minimum absolute atomic E-state index is 0.0114. The van der Waals surface area contributed by atoms with E-state index in [1.807, 2.05) is 14.6 Å². The largest absolute Gasteiger partial charge is 0.338 e. The van der Waals surface area contributed by atoms with Gasteiger partial charge in [-0.2, -0.15) is 0 Å². The summed E-state index contributed by atoms with van der Waals surface area (Å²) < 4.78 is 0. The number of amides is 4. The monoisotopic (exact) mass is 446 g/mol. The van der Waals surface area contributed by atoms with E-state index in [1.165, 1.54) is 9.71 Å². The quantitative estimate of drug-likeness (QED) is 0.415. The van der Waals surface area contributed by atoms with E-state index in [0.717, 1.165) is 45.6 Å². The van der Waals surface area contributed by atoms with Gasteiger partial charge in [-0.1, -0.05) is 6.82 Å². The van der Waals surface area contributed by atoms with Gasteiger partial charge < -0.3 is 4.81 Å². The smallest absolute Gasteiger partial charge is 0.233 e. The average molecular weight is 446 g/mol. The van der Waals surface area contributed by atoms with Crippen LogP contribution in [0, 0.1) is 58.2 Å². The number of fused-ring (bicyclic) bond motifs is 12. The molecule has 4 bridgehead atoms. The summed E-state index contributed by atoms with van der Waals surface area (Å²) in [5, 5.41) is 0. The van der Waals surface area contributed by atoms with Crippen LogP contribution in [0.25, 0.3) is 0 Å². The predicted octanol–water partition coefficient (Wildman–Crippen LogP) is -0.663. The van der Waals surface area contributed by atoms with E-state index < -0.39 is 10.8 Å². The third-order valence-electron chi connectivity index (χ3n) is 11.7. The fourth-order valence-electron chi connectivity index (χ4n) is 10.4. The summed E-state index contributed by atoms with van der Waals surface area (Å²) in [5.74, 6) is -0.898. The Morgan fingerprint density at radius 2 is 1.27 bits per heavy atom. The van der Waals surface area contributed by atoms with Gasteiger partial charge in [0.2, 0.25) is 30.4 Å². The van der Waals surface area contributed by atoms with E-state index in [-0.39, 0.29) is 83.5 Å². The van der Waals surface area contributed by atoms with Gasteiger partial charge in [0.15, 0.2) is 0 Å². The van der Waals surface area contributed by atoms with Crippen LogP contribution < -0.4 is 0 Å². The van der Waals surface area contributed by atoms with Crippen LogP contribution in [0.1, 0.15) is 38.5 Å². The maximum Gasteiger partial charge on any atom is 0.233 e. The van der Waals surface area contributed by atoms with Gasteiger partial charge in [-0.15, -0.1) is 0 Å². The molecular weight excluding hydrogens is 417 g/mol. The van der Waals surface area contributed by atoms with Crippen molar-refractivity contribution in [2.45, 2.75) is 45.3 Å². The third-order valence-corrected chi connectivity index (χ3v) is 11.7. The van der Waals surface area contributed by atoms with Crippen molar-refractivity contribution in [2.75, 3.05) is 7.05 Å². The first-order chi connectivity index (χ1) is 15.7. The molecule has 10 atom stereocenters. The Morgan fingerprint density at radius 1 is 0.818 bits per heavy atom. The second-order valence-electron chi connectivity index (χ2n) is 12.4. The highest BCUT2D eigenvalue weighted by Crippen LogP contribution is 2.75. The second kappa shape index (κ2) is 6.03. The number of rotatable bonds is 2. The Kier molecular flexibility index (Phi) is 3.75. The SMILES string of the molecule is BBB(C)N1C(=O)C2C3C[C@H](C2C1=O)[C@@]1(CC[C@]2(CC4C[C@@H]2C2C(=O)N(C)C(=O)C42)C1=O)C3. The van der Waals surface area contributed by atoms with Gasteiger partial charge in [0.1, 0.15) is 5.78 Å². The van der Waals surface area contributed by atoms with Gasteiger partial charge in [0.05, 0.1) is 38.5 Å². The second-order valence-corrected chi connectivity index (χ2v) is 12.4. The first-order valence-electron chi connectivity index (χ1n) is 12.9. The van der Waals surface area contributed by atoms with Gasteiger partial charge in [-0.25, -0.2) is 0 Å². The molecule has 2 spiro atoms. The van der Waals surface area contributed by atoms with Crippen LogP contribution in [0.5, 0.6) is 0 Å². The highest BCUT2D eigenvalue weighted by Gasteiger charge is 2.78. The number of carbonyl (C=O) groups excluding carboxylic acids is 5. The lowest BCUT2D eigenvalue weighted by Crippen LogP contribution is -2.49. The van der Waals surface area contributed by atoms with Crippen LogP contribution in [0.3, 0.4) is 0 Å². The first kappa shape index (κ1) is 20.5. The first-order valence-corrected chi connectivity index (χ1v) is 12.9. The van der Waals surface area contributed by atoms with Crippen molar-refractivity contribution in [2.24, 2.45) is 58.2 Å². The molecule has 7 rings (SSSR count). The molecule has 0 aromatic rings. The molecule has 2 saturated heterocycles. The van der Waals surface area contributed by atoms with Gasteiger partial charge in [0.25, 0.3) is 0 Å². The van der Waals surface area contributed by atoms with Gasteiger partial charge in [-0.3, -0.25) is 28.9 Å². The van der Waals surface area contributed by atoms with Crippen molar-refractivity contribution in [3.05, 3.63) is 0 Å². The lowest BCUT2D eigenvalue weighted by Gasteiger charge is -2.42. The van der Waals surface area contributed by atoms with Crippen LogP contribution in [-0.2, 0) is 24.0 Å². The van der Waals surface area contributed by atoms with Gasteiger partial charge in [-0.05, 0) is 62.2 Å². The molecule has 2 aliphatic heterocycles. The van der Waals surface area contributed by atoms with Crippen molar-refractivity contribution < 1.29 is 24.0 Å². The lowest BCUT2D eigenvalue weighted by atomic mass is 9.20. The summed E-state index contributed by atoms with van der Waals surface area (Å²) in [6.07, 6.45) is 4.62. The third kappa shape index (κ3) is 2.00. The topological polar surface area (TPSA) is 91.8 Å². The zero-order valence-corrected chi connectivity index (χ0v) is 19.6. The number of nitrogens with zero attached hydrogens (tertiary/aromatic N) is 2. The molecule has 2 heterocycles.